The second-order valence-electron chi connectivity index (χ2n) is 4.04. The van der Waals surface area contributed by atoms with Gasteiger partial charge in [-0.25, -0.2) is 8.42 Å². The van der Waals surface area contributed by atoms with Crippen LogP contribution in [0.2, 0.25) is 5.02 Å². The van der Waals surface area contributed by atoms with E-state index in [-0.39, 0.29) is 21.4 Å². The van der Waals surface area contributed by atoms with Crippen LogP contribution >= 0.6 is 11.6 Å². The molecule has 0 aliphatic heterocycles. The number of aromatic nitrogens is 2. The van der Waals surface area contributed by atoms with Crippen molar-refractivity contribution in [3.05, 3.63) is 35.6 Å². The topological polar surface area (TPSA) is 122 Å². The molecule has 0 fully saturated rings. The molecule has 0 aliphatic rings. The third-order valence-electron chi connectivity index (χ3n) is 2.42. The van der Waals surface area contributed by atoms with Gasteiger partial charge in [0.1, 0.15) is 17.2 Å². The van der Waals surface area contributed by atoms with Gasteiger partial charge in [-0.3, -0.25) is 14.2 Å². The summed E-state index contributed by atoms with van der Waals surface area (Å²) < 4.78 is 27.4. The molecule has 0 radical (unpaired) electrons. The van der Waals surface area contributed by atoms with Crippen LogP contribution in [0.5, 0.6) is 5.75 Å². The molecule has 21 heavy (non-hydrogen) atoms. The molecule has 112 valence electrons. The molecule has 3 N–H and O–H groups in total. The summed E-state index contributed by atoms with van der Waals surface area (Å²) in [5, 5.41) is 21.5. The predicted molar refractivity (Wildman–Crippen MR) is 73.8 cm³/mol. The van der Waals surface area contributed by atoms with E-state index in [4.69, 9.17) is 16.7 Å². The number of benzene rings is 1. The fourth-order valence-electron chi connectivity index (χ4n) is 1.49. The Bertz CT molecular complexity index is 787. The second kappa shape index (κ2) is 5.62. The largest absolute Gasteiger partial charge is 0.506 e. The third-order valence-corrected chi connectivity index (χ3v) is 4.06. The molecule has 8 nitrogen and oxygen atoms in total. The van der Waals surface area contributed by atoms with Gasteiger partial charge in [-0.2, -0.15) is 5.10 Å². The summed E-state index contributed by atoms with van der Waals surface area (Å²) >= 11 is 5.68. The number of hydrogen-bond acceptors (Lipinski definition) is 5. The highest BCUT2D eigenvalue weighted by molar-refractivity contribution is 7.92. The second-order valence-corrected chi connectivity index (χ2v) is 6.13. The molecule has 0 saturated heterocycles. The van der Waals surface area contributed by atoms with E-state index in [1.165, 1.54) is 18.2 Å². The number of anilines is 1. The Morgan fingerprint density at radius 2 is 2.14 bits per heavy atom. The summed E-state index contributed by atoms with van der Waals surface area (Å²) in [6.45, 7) is -0.444. The first-order valence-electron chi connectivity index (χ1n) is 5.53. The van der Waals surface area contributed by atoms with E-state index in [0.717, 1.165) is 17.1 Å². The van der Waals surface area contributed by atoms with Crippen LogP contribution in [0.15, 0.2) is 35.5 Å². The zero-order chi connectivity index (χ0) is 15.6. The van der Waals surface area contributed by atoms with Gasteiger partial charge < -0.3 is 10.2 Å². The lowest BCUT2D eigenvalue weighted by Gasteiger charge is -2.07. The molecule has 0 unspecified atom stereocenters. The number of carboxylic acid groups (broad SMARTS) is 1. The first-order chi connectivity index (χ1) is 9.78. The number of halogens is 1. The summed E-state index contributed by atoms with van der Waals surface area (Å²) in [6.07, 6.45) is 2.13. The lowest BCUT2D eigenvalue weighted by molar-refractivity contribution is -0.137. The van der Waals surface area contributed by atoms with E-state index < -0.39 is 22.5 Å². The van der Waals surface area contributed by atoms with E-state index in [0.29, 0.717) is 0 Å². The molecule has 0 atom stereocenters. The van der Waals surface area contributed by atoms with Gasteiger partial charge in [0, 0.05) is 6.20 Å². The van der Waals surface area contributed by atoms with E-state index in [2.05, 4.69) is 9.82 Å². The average Bonchev–Trinajstić information content (AvgIpc) is 2.82. The number of hydrogen-bond donors (Lipinski definition) is 3. The number of aliphatic carboxylic acids is 1. The molecule has 0 amide bonds. The molecule has 10 heteroatoms. The SMILES string of the molecule is O=C(O)Cn1cc(S(=O)(=O)Nc2ccc(O)c(Cl)c2)cn1. The Hall–Kier alpha value is -2.26. The molecule has 0 spiro atoms. The van der Waals surface area contributed by atoms with Crippen LogP contribution in [0.3, 0.4) is 0 Å². The van der Waals surface area contributed by atoms with Crippen molar-refractivity contribution in [2.45, 2.75) is 11.4 Å². The molecule has 0 aliphatic carbocycles. The van der Waals surface area contributed by atoms with E-state index in [1.54, 1.807) is 0 Å². The van der Waals surface area contributed by atoms with E-state index in [1.807, 2.05) is 0 Å². The molecule has 1 aromatic carbocycles. The highest BCUT2D eigenvalue weighted by atomic mass is 35.5. The van der Waals surface area contributed by atoms with Gasteiger partial charge in [0.05, 0.1) is 16.9 Å². The van der Waals surface area contributed by atoms with E-state index >= 15 is 0 Å². The predicted octanol–water partition coefficient (Wildman–Crippen LogP) is 1.13. The summed E-state index contributed by atoms with van der Waals surface area (Å²) in [6, 6.07) is 3.82. The standard InChI is InChI=1S/C11H10ClN3O5S/c12-9-3-7(1-2-10(9)16)14-21(19,20)8-4-13-15(5-8)6-11(17)18/h1-5,14,16H,6H2,(H,17,18). The van der Waals surface area contributed by atoms with Gasteiger partial charge in [-0.15, -0.1) is 0 Å². The summed E-state index contributed by atoms with van der Waals surface area (Å²) in [5.41, 5.74) is 0.156. The fraction of sp³-hybridized carbons (Fsp3) is 0.0909. The van der Waals surface area contributed by atoms with Crippen LogP contribution in [-0.4, -0.2) is 34.4 Å². The number of phenolic OH excluding ortho intramolecular Hbond substituents is 1. The molecule has 1 heterocycles. The van der Waals surface area contributed by atoms with E-state index in [9.17, 15) is 18.3 Å². The Morgan fingerprint density at radius 3 is 2.76 bits per heavy atom. The van der Waals surface area contributed by atoms with Crippen LogP contribution < -0.4 is 4.72 Å². The van der Waals surface area contributed by atoms with Crippen molar-refractivity contribution in [1.29, 1.82) is 0 Å². The maximum absolute atomic E-state index is 12.1. The highest BCUT2D eigenvalue weighted by Gasteiger charge is 2.17. The van der Waals surface area contributed by atoms with Crippen LogP contribution in [0.1, 0.15) is 0 Å². The fourth-order valence-corrected chi connectivity index (χ4v) is 2.67. The minimum atomic E-state index is -3.92. The Morgan fingerprint density at radius 1 is 1.43 bits per heavy atom. The highest BCUT2D eigenvalue weighted by Crippen LogP contribution is 2.27. The smallest absolute Gasteiger partial charge is 0.325 e. The zero-order valence-corrected chi connectivity index (χ0v) is 12.0. The normalized spacial score (nSPS) is 11.3. The molecule has 1 aromatic heterocycles. The van der Waals surface area contributed by atoms with Gasteiger partial charge in [0.2, 0.25) is 0 Å². The van der Waals surface area contributed by atoms with Crippen molar-refractivity contribution in [2.24, 2.45) is 0 Å². The van der Waals surface area contributed by atoms with Gasteiger partial charge in [-0.05, 0) is 18.2 Å². The van der Waals surface area contributed by atoms with Crippen molar-refractivity contribution in [2.75, 3.05) is 4.72 Å². The third kappa shape index (κ3) is 3.64. The first-order valence-corrected chi connectivity index (χ1v) is 7.39. The van der Waals surface area contributed by atoms with Gasteiger partial charge in [0.25, 0.3) is 10.0 Å². The number of aromatic hydroxyl groups is 1. The number of rotatable bonds is 5. The minimum Gasteiger partial charge on any atom is -0.506 e. The van der Waals surface area contributed by atoms with Crippen molar-refractivity contribution < 1.29 is 23.4 Å². The summed E-state index contributed by atoms with van der Waals surface area (Å²) in [7, 11) is -3.92. The molecule has 2 rings (SSSR count). The number of sulfonamides is 1. The zero-order valence-electron chi connectivity index (χ0n) is 10.4. The van der Waals surface area contributed by atoms with Crippen molar-refractivity contribution in [3.8, 4) is 5.75 Å². The quantitative estimate of drug-likeness (QED) is 0.706. The van der Waals surface area contributed by atoms with Gasteiger partial charge in [-0.1, -0.05) is 11.6 Å². The van der Waals surface area contributed by atoms with Gasteiger partial charge >= 0.3 is 5.97 Å². The van der Waals surface area contributed by atoms with Crippen LogP contribution in [-0.2, 0) is 21.4 Å². The lowest BCUT2D eigenvalue weighted by atomic mass is 10.3. The Labute approximate surface area is 124 Å². The summed E-state index contributed by atoms with van der Waals surface area (Å²) in [4.78, 5) is 10.3. The van der Waals surface area contributed by atoms with Crippen molar-refractivity contribution in [3.63, 3.8) is 0 Å². The molecule has 0 saturated carbocycles. The monoisotopic (exact) mass is 331 g/mol. The molecular formula is C11H10ClN3O5S. The van der Waals surface area contributed by atoms with Crippen LogP contribution in [0.25, 0.3) is 0 Å². The minimum absolute atomic E-state index is 0.00299. The Kier molecular flexibility index (Phi) is 4.05. The van der Waals surface area contributed by atoms with Crippen molar-refractivity contribution in [1.82, 2.24) is 9.78 Å². The van der Waals surface area contributed by atoms with Crippen molar-refractivity contribution >= 4 is 33.3 Å². The lowest BCUT2D eigenvalue weighted by Crippen LogP contribution is -2.13. The number of nitrogens with one attached hydrogen (secondary N) is 1. The molecule has 2 aromatic rings. The van der Waals surface area contributed by atoms with Crippen LogP contribution in [0.4, 0.5) is 5.69 Å². The average molecular weight is 332 g/mol. The maximum Gasteiger partial charge on any atom is 0.325 e. The number of carbonyl (C=O) groups is 1. The Balaban J connectivity index is 2.23. The number of nitrogens with zero attached hydrogens (tertiary/aromatic N) is 2. The molecule has 0 bridgehead atoms. The van der Waals surface area contributed by atoms with Gasteiger partial charge in [0.15, 0.2) is 0 Å². The number of carboxylic acids is 1. The van der Waals surface area contributed by atoms with Crippen LogP contribution in [0, 0.1) is 0 Å². The first kappa shape index (κ1) is 15.1. The molecular weight excluding hydrogens is 322 g/mol. The maximum atomic E-state index is 12.1. The summed E-state index contributed by atoms with van der Waals surface area (Å²) in [5.74, 6) is -1.31. The number of phenols is 1.